The molecule has 14 heavy (non-hydrogen) atoms. The SMILES string of the molecule is O=C(O)c1cccc(S(=O)(=O)O)c1.[Na]. The van der Waals surface area contributed by atoms with E-state index in [4.69, 9.17) is 9.66 Å². The van der Waals surface area contributed by atoms with Crippen molar-refractivity contribution in [3.05, 3.63) is 29.8 Å². The Balaban J connectivity index is 0.00000169. The number of rotatable bonds is 2. The Bertz CT molecular complexity index is 439. The van der Waals surface area contributed by atoms with Crippen molar-refractivity contribution in [1.29, 1.82) is 0 Å². The average molecular weight is 225 g/mol. The van der Waals surface area contributed by atoms with Crippen LogP contribution in [-0.2, 0) is 10.1 Å². The number of aromatic carboxylic acids is 1. The molecule has 0 bridgehead atoms. The first kappa shape index (κ1) is 13.6. The van der Waals surface area contributed by atoms with E-state index in [1.807, 2.05) is 0 Å². The van der Waals surface area contributed by atoms with Gasteiger partial charge in [0.15, 0.2) is 0 Å². The average Bonchev–Trinajstić information content (AvgIpc) is 2.03. The van der Waals surface area contributed by atoms with Crippen LogP contribution in [0, 0.1) is 0 Å². The van der Waals surface area contributed by atoms with Crippen molar-refractivity contribution in [1.82, 2.24) is 0 Å². The summed E-state index contributed by atoms with van der Waals surface area (Å²) in [5.74, 6) is -1.24. The third kappa shape index (κ3) is 3.39. The number of hydrogen-bond acceptors (Lipinski definition) is 3. The third-order valence-corrected chi connectivity index (χ3v) is 2.23. The van der Waals surface area contributed by atoms with Crippen molar-refractivity contribution in [3.8, 4) is 0 Å². The van der Waals surface area contributed by atoms with Gasteiger partial charge in [0.2, 0.25) is 0 Å². The Morgan fingerprint density at radius 1 is 1.29 bits per heavy atom. The van der Waals surface area contributed by atoms with E-state index in [2.05, 4.69) is 0 Å². The quantitative estimate of drug-likeness (QED) is 0.556. The fourth-order valence-electron chi connectivity index (χ4n) is 0.790. The minimum absolute atomic E-state index is 0. The van der Waals surface area contributed by atoms with Crippen molar-refractivity contribution in [3.63, 3.8) is 0 Å². The van der Waals surface area contributed by atoms with Gasteiger partial charge in [-0.3, -0.25) is 4.55 Å². The van der Waals surface area contributed by atoms with Crippen molar-refractivity contribution in [2.75, 3.05) is 0 Å². The molecule has 0 aromatic heterocycles. The predicted octanol–water partition coefficient (Wildman–Crippen LogP) is 0.251. The van der Waals surface area contributed by atoms with Crippen molar-refractivity contribution in [2.24, 2.45) is 0 Å². The zero-order valence-electron chi connectivity index (χ0n) is 7.34. The Morgan fingerprint density at radius 3 is 2.29 bits per heavy atom. The van der Waals surface area contributed by atoms with E-state index < -0.39 is 21.0 Å². The molecular formula is C7H6NaO5S. The molecule has 1 aromatic rings. The van der Waals surface area contributed by atoms with Gasteiger partial charge in [0.1, 0.15) is 0 Å². The second-order valence-corrected chi connectivity index (χ2v) is 3.73. The molecule has 2 N–H and O–H groups in total. The van der Waals surface area contributed by atoms with Gasteiger partial charge in [-0.05, 0) is 18.2 Å². The Hall–Kier alpha value is -0.400. The first-order valence-electron chi connectivity index (χ1n) is 3.22. The smallest absolute Gasteiger partial charge is 0.335 e. The maximum atomic E-state index is 10.6. The van der Waals surface area contributed by atoms with Crippen LogP contribution in [0.2, 0.25) is 0 Å². The molecular weight excluding hydrogens is 219 g/mol. The van der Waals surface area contributed by atoms with E-state index in [0.29, 0.717) is 0 Å². The molecule has 0 saturated heterocycles. The van der Waals surface area contributed by atoms with Crippen LogP contribution in [0.4, 0.5) is 0 Å². The second kappa shape index (κ2) is 4.90. The van der Waals surface area contributed by atoms with Crippen molar-refractivity contribution < 1.29 is 22.9 Å². The summed E-state index contributed by atoms with van der Waals surface area (Å²) < 4.78 is 29.7. The normalized spacial score (nSPS) is 10.4. The van der Waals surface area contributed by atoms with Crippen LogP contribution in [0.3, 0.4) is 0 Å². The van der Waals surface area contributed by atoms with E-state index in [1.54, 1.807) is 0 Å². The largest absolute Gasteiger partial charge is 0.478 e. The third-order valence-electron chi connectivity index (χ3n) is 1.38. The minimum Gasteiger partial charge on any atom is -0.478 e. The number of benzene rings is 1. The first-order chi connectivity index (χ1) is 5.91. The zero-order chi connectivity index (χ0) is 10.1. The maximum absolute atomic E-state index is 10.6. The molecule has 0 aliphatic carbocycles. The van der Waals surface area contributed by atoms with E-state index in [1.165, 1.54) is 12.1 Å². The standard InChI is InChI=1S/C7H6O5S.Na/c8-7(9)5-2-1-3-6(4-5)13(10,11)12;/h1-4H,(H,8,9)(H,10,11,12);. The molecule has 0 heterocycles. The van der Waals surface area contributed by atoms with Crippen LogP contribution in [0.25, 0.3) is 0 Å². The maximum Gasteiger partial charge on any atom is 0.335 e. The Kier molecular flexibility index (Phi) is 4.76. The van der Waals surface area contributed by atoms with Gasteiger partial charge in [0, 0.05) is 29.6 Å². The van der Waals surface area contributed by atoms with Crippen LogP contribution >= 0.6 is 0 Å². The molecule has 0 aliphatic heterocycles. The van der Waals surface area contributed by atoms with Gasteiger partial charge in [-0.15, -0.1) is 0 Å². The molecule has 0 fully saturated rings. The number of carbonyl (C=O) groups is 1. The van der Waals surface area contributed by atoms with E-state index in [-0.39, 0.29) is 35.1 Å². The molecule has 0 unspecified atom stereocenters. The van der Waals surface area contributed by atoms with Gasteiger partial charge in [-0.1, -0.05) is 6.07 Å². The first-order valence-corrected chi connectivity index (χ1v) is 4.66. The topological polar surface area (TPSA) is 91.7 Å². The minimum atomic E-state index is -4.32. The Morgan fingerprint density at radius 2 is 1.86 bits per heavy atom. The van der Waals surface area contributed by atoms with Crippen LogP contribution in [-0.4, -0.2) is 53.6 Å². The molecule has 0 saturated carbocycles. The molecule has 1 rings (SSSR count). The monoisotopic (exact) mass is 225 g/mol. The fraction of sp³-hybridized carbons (Fsp3) is 0. The van der Waals surface area contributed by atoms with E-state index >= 15 is 0 Å². The van der Waals surface area contributed by atoms with Gasteiger partial charge >= 0.3 is 5.97 Å². The van der Waals surface area contributed by atoms with Crippen molar-refractivity contribution in [2.45, 2.75) is 4.90 Å². The van der Waals surface area contributed by atoms with Crippen LogP contribution < -0.4 is 0 Å². The van der Waals surface area contributed by atoms with E-state index in [9.17, 15) is 13.2 Å². The van der Waals surface area contributed by atoms with Gasteiger partial charge in [0.25, 0.3) is 10.1 Å². The molecule has 71 valence electrons. The summed E-state index contributed by atoms with van der Waals surface area (Å²) in [6.07, 6.45) is 0. The van der Waals surface area contributed by atoms with Gasteiger partial charge in [0.05, 0.1) is 10.5 Å². The van der Waals surface area contributed by atoms with Crippen LogP contribution in [0.15, 0.2) is 29.2 Å². The Labute approximate surface area is 103 Å². The predicted molar refractivity (Wildman–Crippen MR) is 49.0 cm³/mol. The number of carboxylic acids is 1. The molecule has 0 spiro atoms. The molecule has 1 aromatic carbocycles. The zero-order valence-corrected chi connectivity index (χ0v) is 10.2. The fourth-order valence-corrected chi connectivity index (χ4v) is 1.32. The van der Waals surface area contributed by atoms with Gasteiger partial charge < -0.3 is 5.11 Å². The summed E-state index contributed by atoms with van der Waals surface area (Å²) in [5.41, 5.74) is -0.185. The molecule has 0 amide bonds. The summed E-state index contributed by atoms with van der Waals surface area (Å²) in [5, 5.41) is 8.50. The van der Waals surface area contributed by atoms with Crippen LogP contribution in [0.5, 0.6) is 0 Å². The second-order valence-electron chi connectivity index (χ2n) is 2.31. The summed E-state index contributed by atoms with van der Waals surface area (Å²) in [6, 6.07) is 4.48. The van der Waals surface area contributed by atoms with Crippen molar-refractivity contribution >= 4 is 45.6 Å². The summed E-state index contributed by atoms with van der Waals surface area (Å²) in [6.45, 7) is 0. The van der Waals surface area contributed by atoms with Crippen LogP contribution in [0.1, 0.15) is 10.4 Å². The molecule has 7 heteroatoms. The molecule has 1 radical (unpaired) electrons. The molecule has 5 nitrogen and oxygen atoms in total. The van der Waals surface area contributed by atoms with Gasteiger partial charge in [-0.25, -0.2) is 4.79 Å². The van der Waals surface area contributed by atoms with Gasteiger partial charge in [-0.2, -0.15) is 8.42 Å². The number of carboxylic acid groups (broad SMARTS) is 1. The van der Waals surface area contributed by atoms with E-state index in [0.717, 1.165) is 12.1 Å². The summed E-state index contributed by atoms with van der Waals surface area (Å²) in [4.78, 5) is 9.98. The molecule has 0 atom stereocenters. The number of hydrogen-bond donors (Lipinski definition) is 2. The summed E-state index contributed by atoms with van der Waals surface area (Å²) >= 11 is 0. The summed E-state index contributed by atoms with van der Waals surface area (Å²) in [7, 11) is -4.32. The molecule has 0 aliphatic rings.